The Morgan fingerprint density at radius 2 is 2.16 bits per heavy atom. The highest BCUT2D eigenvalue weighted by atomic mass is 16.1. The number of carbonyl (C=O) groups excluding carboxylic acids is 1. The molecular formula is C14H22N4O. The Bertz CT molecular complexity index is 475. The van der Waals surface area contributed by atoms with Crippen LogP contribution in [0.5, 0.6) is 0 Å². The molecule has 4 N–H and O–H groups in total. The van der Waals surface area contributed by atoms with E-state index in [1.165, 1.54) is 0 Å². The molecule has 0 spiro atoms. The second kappa shape index (κ2) is 5.48. The van der Waals surface area contributed by atoms with E-state index < -0.39 is 5.91 Å². The fourth-order valence-electron chi connectivity index (χ4n) is 2.68. The van der Waals surface area contributed by atoms with E-state index in [9.17, 15) is 4.79 Å². The molecule has 1 aromatic rings. The quantitative estimate of drug-likeness (QED) is 0.794. The van der Waals surface area contributed by atoms with Gasteiger partial charge in [-0.1, -0.05) is 6.92 Å². The number of primary amides is 1. The number of hydrogen-bond donors (Lipinski definition) is 2. The van der Waals surface area contributed by atoms with Crippen LogP contribution in [0, 0.1) is 0 Å². The molecular weight excluding hydrogens is 240 g/mol. The maximum Gasteiger partial charge on any atom is 0.248 e. The lowest BCUT2D eigenvalue weighted by atomic mass is 10.1. The second-order valence-electron chi connectivity index (χ2n) is 5.06. The summed E-state index contributed by atoms with van der Waals surface area (Å²) in [6.07, 6.45) is 0. The smallest absolute Gasteiger partial charge is 0.248 e. The van der Waals surface area contributed by atoms with Crippen LogP contribution in [0.25, 0.3) is 0 Å². The Hall–Kier alpha value is -1.75. The Morgan fingerprint density at radius 1 is 1.42 bits per heavy atom. The van der Waals surface area contributed by atoms with Gasteiger partial charge in [-0.25, -0.2) is 0 Å². The normalized spacial score (nSPS) is 20.5. The van der Waals surface area contributed by atoms with Gasteiger partial charge in [0.25, 0.3) is 0 Å². The van der Waals surface area contributed by atoms with E-state index >= 15 is 0 Å². The fourth-order valence-corrected chi connectivity index (χ4v) is 2.68. The van der Waals surface area contributed by atoms with Crippen molar-refractivity contribution < 1.29 is 4.79 Å². The van der Waals surface area contributed by atoms with Gasteiger partial charge in [0.2, 0.25) is 5.91 Å². The molecule has 0 bridgehead atoms. The zero-order chi connectivity index (χ0) is 14.0. The molecule has 1 amide bonds. The van der Waals surface area contributed by atoms with Crippen molar-refractivity contribution in [1.29, 1.82) is 0 Å². The van der Waals surface area contributed by atoms with Crippen molar-refractivity contribution in [3.8, 4) is 0 Å². The molecule has 1 aromatic carbocycles. The number of amides is 1. The number of likely N-dealkylation sites (N-methyl/N-ethyl adjacent to an activating group) is 1. The molecule has 1 atom stereocenters. The van der Waals surface area contributed by atoms with Gasteiger partial charge in [0.15, 0.2) is 0 Å². The van der Waals surface area contributed by atoms with Crippen LogP contribution < -0.4 is 16.4 Å². The first-order chi connectivity index (χ1) is 9.02. The van der Waals surface area contributed by atoms with Gasteiger partial charge in [-0.3, -0.25) is 9.69 Å². The van der Waals surface area contributed by atoms with Crippen molar-refractivity contribution in [3.05, 3.63) is 23.8 Å². The summed E-state index contributed by atoms with van der Waals surface area (Å²) in [6.45, 7) is 8.43. The van der Waals surface area contributed by atoms with Gasteiger partial charge in [-0.2, -0.15) is 0 Å². The first-order valence-electron chi connectivity index (χ1n) is 6.71. The van der Waals surface area contributed by atoms with Crippen LogP contribution in [0.3, 0.4) is 0 Å². The minimum absolute atomic E-state index is 0.442. The molecule has 1 saturated heterocycles. The monoisotopic (exact) mass is 262 g/mol. The molecule has 0 radical (unpaired) electrons. The Balaban J connectivity index is 2.17. The highest BCUT2D eigenvalue weighted by Gasteiger charge is 2.23. The molecule has 1 heterocycles. The van der Waals surface area contributed by atoms with Crippen LogP contribution in [0.1, 0.15) is 24.2 Å². The Morgan fingerprint density at radius 3 is 2.68 bits per heavy atom. The third-order valence-electron chi connectivity index (χ3n) is 3.82. The van der Waals surface area contributed by atoms with Gasteiger partial charge in [-0.05, 0) is 31.7 Å². The van der Waals surface area contributed by atoms with Gasteiger partial charge in [-0.15, -0.1) is 0 Å². The van der Waals surface area contributed by atoms with E-state index in [1.807, 2.05) is 6.07 Å². The average Bonchev–Trinajstić information content (AvgIpc) is 2.38. The topological polar surface area (TPSA) is 75.6 Å². The predicted octanol–water partition coefficient (Wildman–Crippen LogP) is 0.898. The molecule has 5 nitrogen and oxygen atoms in total. The summed E-state index contributed by atoms with van der Waals surface area (Å²) in [4.78, 5) is 15.8. The second-order valence-corrected chi connectivity index (χ2v) is 5.06. The largest absolute Gasteiger partial charge is 0.397 e. The lowest BCUT2D eigenvalue weighted by Gasteiger charge is -2.40. The number of carbonyl (C=O) groups is 1. The first-order valence-corrected chi connectivity index (χ1v) is 6.71. The summed E-state index contributed by atoms with van der Waals surface area (Å²) in [5.74, 6) is -0.442. The molecule has 0 aromatic heterocycles. The Labute approximate surface area is 114 Å². The highest BCUT2D eigenvalue weighted by molar-refractivity contribution is 5.94. The van der Waals surface area contributed by atoms with Gasteiger partial charge in [0, 0.05) is 31.2 Å². The first kappa shape index (κ1) is 13.7. The number of nitrogen functional groups attached to an aromatic ring is 1. The number of anilines is 2. The van der Waals surface area contributed by atoms with Crippen LogP contribution >= 0.6 is 0 Å². The van der Waals surface area contributed by atoms with Gasteiger partial charge in [0.1, 0.15) is 0 Å². The summed E-state index contributed by atoms with van der Waals surface area (Å²) in [5.41, 5.74) is 13.4. The molecule has 0 aliphatic carbocycles. The van der Waals surface area contributed by atoms with Crippen LogP contribution in [0.15, 0.2) is 18.2 Å². The molecule has 19 heavy (non-hydrogen) atoms. The molecule has 1 aliphatic heterocycles. The van der Waals surface area contributed by atoms with E-state index in [2.05, 4.69) is 23.6 Å². The van der Waals surface area contributed by atoms with Crippen molar-refractivity contribution in [2.75, 3.05) is 36.8 Å². The van der Waals surface area contributed by atoms with Gasteiger partial charge < -0.3 is 16.4 Å². The number of benzene rings is 1. The molecule has 1 fully saturated rings. The minimum atomic E-state index is -0.442. The molecule has 2 rings (SSSR count). The predicted molar refractivity (Wildman–Crippen MR) is 78.3 cm³/mol. The minimum Gasteiger partial charge on any atom is -0.397 e. The van der Waals surface area contributed by atoms with Crippen LogP contribution in [0.2, 0.25) is 0 Å². The third-order valence-corrected chi connectivity index (χ3v) is 3.82. The van der Waals surface area contributed by atoms with Crippen molar-refractivity contribution >= 4 is 17.3 Å². The molecule has 0 saturated carbocycles. The van der Waals surface area contributed by atoms with Crippen molar-refractivity contribution in [2.24, 2.45) is 5.73 Å². The molecule has 1 aliphatic rings. The lowest BCUT2D eigenvalue weighted by Crippen LogP contribution is -2.51. The number of rotatable bonds is 3. The van der Waals surface area contributed by atoms with E-state index in [0.717, 1.165) is 31.9 Å². The number of hydrogen-bond acceptors (Lipinski definition) is 4. The highest BCUT2D eigenvalue weighted by Crippen LogP contribution is 2.26. The number of piperazine rings is 1. The Kier molecular flexibility index (Phi) is 3.95. The van der Waals surface area contributed by atoms with Crippen molar-refractivity contribution in [2.45, 2.75) is 19.9 Å². The maximum absolute atomic E-state index is 11.1. The van der Waals surface area contributed by atoms with Crippen molar-refractivity contribution in [3.63, 3.8) is 0 Å². The molecule has 5 heteroatoms. The SMILES string of the molecule is CCN1CCN(c2ccc(C(N)=O)cc2N)CC1C. The summed E-state index contributed by atoms with van der Waals surface area (Å²) in [5, 5.41) is 0. The van der Waals surface area contributed by atoms with Gasteiger partial charge in [0.05, 0.1) is 11.4 Å². The zero-order valence-corrected chi connectivity index (χ0v) is 11.6. The molecule has 104 valence electrons. The van der Waals surface area contributed by atoms with Crippen LogP contribution in [0.4, 0.5) is 11.4 Å². The fraction of sp³-hybridized carbons (Fsp3) is 0.500. The van der Waals surface area contributed by atoms with Crippen molar-refractivity contribution in [1.82, 2.24) is 4.90 Å². The molecule has 1 unspecified atom stereocenters. The van der Waals surface area contributed by atoms with E-state index in [1.54, 1.807) is 12.1 Å². The van der Waals surface area contributed by atoms with E-state index in [-0.39, 0.29) is 0 Å². The summed E-state index contributed by atoms with van der Waals surface area (Å²) in [6, 6.07) is 5.80. The summed E-state index contributed by atoms with van der Waals surface area (Å²) >= 11 is 0. The summed E-state index contributed by atoms with van der Waals surface area (Å²) < 4.78 is 0. The van der Waals surface area contributed by atoms with E-state index in [4.69, 9.17) is 11.5 Å². The number of nitrogens with zero attached hydrogens (tertiary/aromatic N) is 2. The zero-order valence-electron chi connectivity index (χ0n) is 11.6. The van der Waals surface area contributed by atoms with Crippen LogP contribution in [-0.4, -0.2) is 43.0 Å². The van der Waals surface area contributed by atoms with Gasteiger partial charge >= 0.3 is 0 Å². The van der Waals surface area contributed by atoms with Crippen LogP contribution in [-0.2, 0) is 0 Å². The van der Waals surface area contributed by atoms with E-state index in [0.29, 0.717) is 17.3 Å². The lowest BCUT2D eigenvalue weighted by molar-refractivity contribution is 0.100. The standard InChI is InChI=1S/C14H22N4O/c1-3-17-6-7-18(9-10(17)2)13-5-4-11(14(16)19)8-12(13)15/h4-5,8,10H,3,6-7,9,15H2,1-2H3,(H2,16,19). The summed E-state index contributed by atoms with van der Waals surface area (Å²) in [7, 11) is 0. The number of nitrogens with two attached hydrogens (primary N) is 2. The maximum atomic E-state index is 11.1. The average molecular weight is 262 g/mol. The third kappa shape index (κ3) is 2.81.